The average molecular weight is 403 g/mol. The monoisotopic (exact) mass is 402 g/mol. The number of benzene rings is 1. The molecule has 1 aliphatic rings. The van der Waals surface area contributed by atoms with Gasteiger partial charge in [0.15, 0.2) is 0 Å². The van der Waals surface area contributed by atoms with Crippen LogP contribution < -0.4 is 5.32 Å². The maximum absolute atomic E-state index is 11.9. The van der Waals surface area contributed by atoms with Crippen LogP contribution in [0, 0.1) is 11.8 Å². The Labute approximate surface area is 165 Å². The quantitative estimate of drug-likeness (QED) is 0.638. The molecule has 0 spiro atoms. The first-order valence-electron chi connectivity index (χ1n) is 8.94. The summed E-state index contributed by atoms with van der Waals surface area (Å²) in [4.78, 5) is 14.4. The van der Waals surface area contributed by atoms with E-state index in [1.54, 1.807) is 17.8 Å². The Morgan fingerprint density at radius 2 is 1.96 bits per heavy atom. The van der Waals surface area contributed by atoms with E-state index >= 15 is 0 Å². The zero-order valence-corrected chi connectivity index (χ0v) is 17.4. The number of amides is 1. The summed E-state index contributed by atoms with van der Waals surface area (Å²) in [5.41, 5.74) is 1.08. The fraction of sp³-hybridized carbons (Fsp3) is 0.632. The van der Waals surface area contributed by atoms with Gasteiger partial charge in [-0.3, -0.25) is 4.79 Å². The number of hydrogen-bond donors (Lipinski definition) is 1. The summed E-state index contributed by atoms with van der Waals surface area (Å²) in [6, 6.07) is 5.59. The second kappa shape index (κ2) is 10.7. The molecule has 6 heteroatoms. The Morgan fingerprint density at radius 1 is 1.24 bits per heavy atom. The lowest BCUT2D eigenvalue weighted by Crippen LogP contribution is -2.40. The molecule has 1 heterocycles. The first-order valence-corrected chi connectivity index (χ1v) is 10.9. The van der Waals surface area contributed by atoms with Crippen LogP contribution in [0.3, 0.4) is 0 Å². The van der Waals surface area contributed by atoms with Gasteiger partial charge in [0.25, 0.3) is 0 Å². The summed E-state index contributed by atoms with van der Waals surface area (Å²) in [6.07, 6.45) is 2.35. The summed E-state index contributed by atoms with van der Waals surface area (Å²) in [6.45, 7) is 8.87. The van der Waals surface area contributed by atoms with Gasteiger partial charge in [-0.2, -0.15) is 0 Å². The standard InChI is InChI=1S/C19H28Cl2N2OS/c1-14-8-15(2)11-23(10-14)7-3-6-22-19(24)13-25-12-16-4-5-17(20)18(21)9-16/h4-5,9,14-15H,3,6-8,10-13H2,1-2H3,(H,22,24). The fourth-order valence-electron chi connectivity index (χ4n) is 3.45. The molecular weight excluding hydrogens is 375 g/mol. The number of carbonyl (C=O) groups excluding carboxylic acids is 1. The van der Waals surface area contributed by atoms with Crippen LogP contribution in [-0.2, 0) is 10.5 Å². The van der Waals surface area contributed by atoms with Gasteiger partial charge in [0, 0.05) is 25.4 Å². The summed E-state index contributed by atoms with van der Waals surface area (Å²) >= 11 is 13.5. The van der Waals surface area contributed by atoms with E-state index in [4.69, 9.17) is 23.2 Å². The highest BCUT2D eigenvalue weighted by atomic mass is 35.5. The second-order valence-corrected chi connectivity index (χ2v) is 8.95. The number of nitrogens with zero attached hydrogens (tertiary/aromatic N) is 1. The SMILES string of the molecule is CC1CC(C)CN(CCCNC(=O)CSCc2ccc(Cl)c(Cl)c2)C1. The van der Waals surface area contributed by atoms with Crippen LogP contribution in [0.5, 0.6) is 0 Å². The highest BCUT2D eigenvalue weighted by Gasteiger charge is 2.20. The van der Waals surface area contributed by atoms with E-state index in [-0.39, 0.29) is 5.91 Å². The average Bonchev–Trinajstić information content (AvgIpc) is 2.54. The van der Waals surface area contributed by atoms with E-state index in [9.17, 15) is 4.79 Å². The van der Waals surface area contributed by atoms with Crippen molar-refractivity contribution in [2.24, 2.45) is 11.8 Å². The molecular formula is C19H28Cl2N2OS. The third-order valence-corrected chi connectivity index (χ3v) is 6.15. The highest BCUT2D eigenvalue weighted by molar-refractivity contribution is 7.99. The van der Waals surface area contributed by atoms with Crippen molar-refractivity contribution in [1.29, 1.82) is 0 Å². The topological polar surface area (TPSA) is 32.3 Å². The minimum Gasteiger partial charge on any atom is -0.355 e. The molecule has 1 aliphatic heterocycles. The van der Waals surface area contributed by atoms with Gasteiger partial charge in [-0.1, -0.05) is 43.1 Å². The molecule has 2 unspecified atom stereocenters. The Balaban J connectivity index is 1.55. The Hall–Kier alpha value is -0.420. The van der Waals surface area contributed by atoms with Crippen LogP contribution >= 0.6 is 35.0 Å². The maximum Gasteiger partial charge on any atom is 0.230 e. The molecule has 1 aromatic rings. The zero-order valence-electron chi connectivity index (χ0n) is 15.1. The van der Waals surface area contributed by atoms with Gasteiger partial charge < -0.3 is 10.2 Å². The van der Waals surface area contributed by atoms with Crippen molar-refractivity contribution in [1.82, 2.24) is 10.2 Å². The lowest BCUT2D eigenvalue weighted by molar-refractivity contribution is -0.118. The number of likely N-dealkylation sites (tertiary alicyclic amines) is 1. The van der Waals surface area contributed by atoms with Crippen LogP contribution in [0.15, 0.2) is 18.2 Å². The molecule has 1 aromatic carbocycles. The van der Waals surface area contributed by atoms with E-state index < -0.39 is 0 Å². The molecule has 3 nitrogen and oxygen atoms in total. The van der Waals surface area contributed by atoms with Crippen LogP contribution in [0.4, 0.5) is 0 Å². The van der Waals surface area contributed by atoms with Crippen molar-refractivity contribution >= 4 is 40.9 Å². The van der Waals surface area contributed by atoms with Gasteiger partial charge in [0.1, 0.15) is 0 Å². The number of halogens is 2. The van der Waals surface area contributed by atoms with Crippen LogP contribution in [-0.4, -0.2) is 42.7 Å². The molecule has 1 fully saturated rings. The highest BCUT2D eigenvalue weighted by Crippen LogP contribution is 2.24. The van der Waals surface area contributed by atoms with E-state index in [2.05, 4.69) is 24.1 Å². The number of hydrogen-bond acceptors (Lipinski definition) is 3. The summed E-state index contributed by atoms with van der Waals surface area (Å²) in [5, 5.41) is 4.14. The van der Waals surface area contributed by atoms with Crippen LogP contribution in [0.2, 0.25) is 10.0 Å². The van der Waals surface area contributed by atoms with Crippen molar-refractivity contribution in [2.45, 2.75) is 32.4 Å². The molecule has 0 saturated carbocycles. The van der Waals surface area contributed by atoms with Gasteiger partial charge in [-0.25, -0.2) is 0 Å². The van der Waals surface area contributed by atoms with E-state index in [1.165, 1.54) is 19.5 Å². The Kier molecular flexibility index (Phi) is 8.91. The van der Waals surface area contributed by atoms with Crippen molar-refractivity contribution in [3.63, 3.8) is 0 Å². The molecule has 25 heavy (non-hydrogen) atoms. The van der Waals surface area contributed by atoms with Gasteiger partial charge >= 0.3 is 0 Å². The number of rotatable bonds is 8. The minimum atomic E-state index is 0.102. The summed E-state index contributed by atoms with van der Waals surface area (Å²) in [7, 11) is 0. The van der Waals surface area contributed by atoms with E-state index in [0.717, 1.165) is 42.7 Å². The third kappa shape index (κ3) is 7.78. The predicted molar refractivity (Wildman–Crippen MR) is 110 cm³/mol. The van der Waals surface area contributed by atoms with Crippen molar-refractivity contribution in [3.8, 4) is 0 Å². The normalized spacial score (nSPS) is 21.3. The van der Waals surface area contributed by atoms with Gasteiger partial charge in [-0.15, -0.1) is 11.8 Å². The van der Waals surface area contributed by atoms with E-state index in [0.29, 0.717) is 15.8 Å². The molecule has 0 radical (unpaired) electrons. The van der Waals surface area contributed by atoms with Crippen LogP contribution in [0.25, 0.3) is 0 Å². The van der Waals surface area contributed by atoms with E-state index in [1.807, 2.05) is 12.1 Å². The molecule has 0 aliphatic carbocycles. The number of carbonyl (C=O) groups is 1. The molecule has 1 amide bonds. The first kappa shape index (κ1) is 20.9. The largest absolute Gasteiger partial charge is 0.355 e. The predicted octanol–water partition coefficient (Wildman–Crippen LogP) is 4.71. The van der Waals surface area contributed by atoms with Crippen molar-refractivity contribution < 1.29 is 4.79 Å². The summed E-state index contributed by atoms with van der Waals surface area (Å²) < 4.78 is 0. The smallest absolute Gasteiger partial charge is 0.230 e. The zero-order chi connectivity index (χ0) is 18.2. The number of nitrogens with one attached hydrogen (secondary N) is 1. The molecule has 2 atom stereocenters. The number of piperidine rings is 1. The first-order chi connectivity index (χ1) is 11.9. The molecule has 2 rings (SSSR count). The van der Waals surface area contributed by atoms with Crippen molar-refractivity contribution in [3.05, 3.63) is 33.8 Å². The molecule has 1 N–H and O–H groups in total. The number of thioether (sulfide) groups is 1. The van der Waals surface area contributed by atoms with Gasteiger partial charge in [-0.05, 0) is 48.9 Å². The van der Waals surface area contributed by atoms with Crippen LogP contribution in [0.1, 0.15) is 32.3 Å². The fourth-order valence-corrected chi connectivity index (χ4v) is 4.57. The second-order valence-electron chi connectivity index (χ2n) is 7.15. The van der Waals surface area contributed by atoms with Crippen molar-refractivity contribution in [2.75, 3.05) is 31.9 Å². The molecule has 0 bridgehead atoms. The minimum absolute atomic E-state index is 0.102. The Bertz CT molecular complexity index is 560. The van der Waals surface area contributed by atoms with Gasteiger partial charge in [0.2, 0.25) is 5.91 Å². The maximum atomic E-state index is 11.9. The summed E-state index contributed by atoms with van der Waals surface area (Å²) in [5.74, 6) is 2.91. The van der Waals surface area contributed by atoms with Gasteiger partial charge in [0.05, 0.1) is 15.8 Å². The lowest BCUT2D eigenvalue weighted by atomic mass is 9.92. The lowest BCUT2D eigenvalue weighted by Gasteiger charge is -2.34. The Morgan fingerprint density at radius 3 is 2.64 bits per heavy atom. The molecule has 0 aromatic heterocycles. The molecule has 1 saturated heterocycles. The molecule has 140 valence electrons. The third-order valence-electron chi connectivity index (χ3n) is 4.40.